The van der Waals surface area contributed by atoms with Crippen LogP contribution in [0.15, 0.2) is 55.0 Å². The molecule has 1 N–H and O–H groups in total. The maximum atomic E-state index is 14.9. The number of benzene rings is 2. The van der Waals surface area contributed by atoms with Gasteiger partial charge in [-0.2, -0.15) is 5.10 Å². The van der Waals surface area contributed by atoms with Gasteiger partial charge in [0, 0.05) is 50.2 Å². The Hall–Kier alpha value is -3.72. The molecule has 1 saturated heterocycles. The smallest absolute Gasteiger partial charge is 0.252 e. The lowest BCUT2D eigenvalue weighted by Gasteiger charge is -2.21. The Bertz CT molecular complexity index is 1370. The van der Waals surface area contributed by atoms with Crippen molar-refractivity contribution >= 4 is 16.8 Å². The summed E-state index contributed by atoms with van der Waals surface area (Å²) < 4.78 is 35.8. The van der Waals surface area contributed by atoms with Crippen molar-refractivity contribution in [3.05, 3.63) is 89.1 Å². The van der Waals surface area contributed by atoms with Gasteiger partial charge in [0.2, 0.25) is 0 Å². The number of rotatable bonds is 6. The predicted molar refractivity (Wildman–Crippen MR) is 126 cm³/mol. The predicted octanol–water partition coefficient (Wildman–Crippen LogP) is 4.13. The average Bonchev–Trinajstić information content (AvgIpc) is 3.28. The number of aromatic nitrogens is 4. The summed E-state index contributed by atoms with van der Waals surface area (Å²) in [4.78, 5) is 22.1. The van der Waals surface area contributed by atoms with Gasteiger partial charge in [-0.3, -0.25) is 9.48 Å². The number of carbonyl (C=O) groups excluding carboxylic acids is 1. The highest BCUT2D eigenvalue weighted by Gasteiger charge is 2.22. The van der Waals surface area contributed by atoms with E-state index in [1.54, 1.807) is 42.3 Å². The van der Waals surface area contributed by atoms with Crippen LogP contribution in [0.4, 0.5) is 8.78 Å². The summed E-state index contributed by atoms with van der Waals surface area (Å²) in [6.07, 6.45) is 7.38. The van der Waals surface area contributed by atoms with Crippen LogP contribution >= 0.6 is 0 Å². The Morgan fingerprint density at radius 2 is 2.00 bits per heavy atom. The summed E-state index contributed by atoms with van der Waals surface area (Å²) in [7, 11) is 1.75. The lowest BCUT2D eigenvalue weighted by molar-refractivity contribution is 0.0660. The Morgan fingerprint density at radius 3 is 2.74 bits per heavy atom. The molecule has 0 unspecified atom stereocenters. The molecule has 1 amide bonds. The molecule has 7 nitrogen and oxygen atoms in total. The summed E-state index contributed by atoms with van der Waals surface area (Å²) in [6, 6.07) is 8.06. The monoisotopic (exact) mass is 477 g/mol. The summed E-state index contributed by atoms with van der Waals surface area (Å²) in [5, 5.41) is 7.32. The van der Waals surface area contributed by atoms with Crippen molar-refractivity contribution in [1.82, 2.24) is 25.1 Å². The number of nitrogens with one attached hydrogen (secondary N) is 1. The molecule has 5 rings (SSSR count). The molecule has 1 aliphatic heterocycles. The van der Waals surface area contributed by atoms with Crippen LogP contribution in [0.3, 0.4) is 0 Å². The molecule has 9 heteroatoms. The van der Waals surface area contributed by atoms with Crippen molar-refractivity contribution in [2.45, 2.75) is 25.3 Å². The normalized spacial score (nSPS) is 15.3. The van der Waals surface area contributed by atoms with Crippen LogP contribution in [0.2, 0.25) is 0 Å². The zero-order valence-electron chi connectivity index (χ0n) is 19.2. The first-order valence-corrected chi connectivity index (χ1v) is 11.5. The Kier molecular flexibility index (Phi) is 6.50. The van der Waals surface area contributed by atoms with Crippen molar-refractivity contribution in [3.8, 4) is 0 Å². The number of aryl methyl sites for hydroxylation is 1. The quantitative estimate of drug-likeness (QED) is 0.452. The van der Waals surface area contributed by atoms with Gasteiger partial charge < -0.3 is 10.1 Å². The van der Waals surface area contributed by atoms with E-state index in [1.807, 2.05) is 0 Å². The first-order valence-electron chi connectivity index (χ1n) is 11.5. The number of ether oxygens (including phenoxy) is 1. The lowest BCUT2D eigenvalue weighted by atomic mass is 9.96. The van der Waals surface area contributed by atoms with Gasteiger partial charge in [0.05, 0.1) is 23.1 Å². The van der Waals surface area contributed by atoms with E-state index in [4.69, 9.17) is 4.74 Å². The zero-order chi connectivity index (χ0) is 24.4. The Labute approximate surface area is 201 Å². The van der Waals surface area contributed by atoms with E-state index in [-0.39, 0.29) is 10.9 Å². The first-order chi connectivity index (χ1) is 17.0. The number of hydrogen-bond acceptors (Lipinski definition) is 5. The fraction of sp³-hybridized carbons (Fsp3) is 0.308. The minimum absolute atomic E-state index is 0.121. The largest absolute Gasteiger partial charge is 0.381 e. The summed E-state index contributed by atoms with van der Waals surface area (Å²) in [5.41, 5.74) is 1.72. The fourth-order valence-corrected chi connectivity index (χ4v) is 4.42. The van der Waals surface area contributed by atoms with E-state index in [0.29, 0.717) is 34.8 Å². The minimum atomic E-state index is -0.667. The van der Waals surface area contributed by atoms with E-state index >= 15 is 0 Å². The highest BCUT2D eigenvalue weighted by molar-refractivity contribution is 5.98. The Morgan fingerprint density at radius 1 is 1.17 bits per heavy atom. The van der Waals surface area contributed by atoms with Gasteiger partial charge >= 0.3 is 0 Å². The van der Waals surface area contributed by atoms with Crippen molar-refractivity contribution in [1.29, 1.82) is 0 Å². The molecule has 35 heavy (non-hydrogen) atoms. The third kappa shape index (κ3) is 5.19. The number of fused-ring (bicyclic) bond motifs is 1. The molecule has 1 fully saturated rings. The number of nitrogens with zero attached hydrogens (tertiary/aromatic N) is 4. The summed E-state index contributed by atoms with van der Waals surface area (Å²) >= 11 is 0. The van der Waals surface area contributed by atoms with Gasteiger partial charge in [-0.25, -0.2) is 18.7 Å². The fourth-order valence-electron chi connectivity index (χ4n) is 4.42. The van der Waals surface area contributed by atoms with Gasteiger partial charge in [-0.1, -0.05) is 12.1 Å². The molecule has 0 aliphatic carbocycles. The van der Waals surface area contributed by atoms with Crippen molar-refractivity contribution in [2.24, 2.45) is 13.0 Å². The molecule has 0 bridgehead atoms. The van der Waals surface area contributed by atoms with Gasteiger partial charge in [0.15, 0.2) is 0 Å². The second-order valence-corrected chi connectivity index (χ2v) is 8.85. The van der Waals surface area contributed by atoms with Gasteiger partial charge in [0.25, 0.3) is 5.91 Å². The van der Waals surface area contributed by atoms with Gasteiger partial charge in [-0.05, 0) is 48.6 Å². The third-order valence-electron chi connectivity index (χ3n) is 6.29. The van der Waals surface area contributed by atoms with Crippen LogP contribution in [0.25, 0.3) is 10.9 Å². The first kappa shape index (κ1) is 23.0. The summed E-state index contributed by atoms with van der Waals surface area (Å²) in [5.74, 6) is -0.461. The van der Waals surface area contributed by atoms with Crippen LogP contribution in [-0.4, -0.2) is 38.9 Å². The maximum absolute atomic E-state index is 14.9. The van der Waals surface area contributed by atoms with Crippen molar-refractivity contribution in [3.63, 3.8) is 0 Å². The average molecular weight is 478 g/mol. The van der Waals surface area contributed by atoms with Crippen LogP contribution in [0.5, 0.6) is 0 Å². The molecular formula is C26H25F2N5O2. The molecule has 1 aliphatic rings. The SMILES string of the molecule is Cn1cc([C@@H](NC(=O)c2cc(F)c3cnc(CC4CCOCC4)nc3c2)c2cccc(F)c2)cn1. The molecule has 180 valence electrons. The van der Waals surface area contributed by atoms with E-state index in [0.717, 1.165) is 26.1 Å². The number of carbonyl (C=O) groups is 1. The summed E-state index contributed by atoms with van der Waals surface area (Å²) in [6.45, 7) is 1.45. The van der Waals surface area contributed by atoms with Crippen molar-refractivity contribution < 1.29 is 18.3 Å². The molecule has 0 saturated carbocycles. The topological polar surface area (TPSA) is 81.9 Å². The molecule has 0 radical (unpaired) electrons. The van der Waals surface area contributed by atoms with Gasteiger partial charge in [-0.15, -0.1) is 0 Å². The molecule has 2 aromatic heterocycles. The standard InChI is InChI=1S/C26H25F2N5O2/c1-33-15-19(13-30-33)25(17-3-2-4-20(27)10-17)32-26(34)18-11-22(28)21-14-29-24(31-23(21)12-18)9-16-5-7-35-8-6-16/h2-4,10-16,25H,5-9H2,1H3,(H,32,34)/t25-/m0/s1. The number of amides is 1. The molecular weight excluding hydrogens is 452 g/mol. The van der Waals surface area contributed by atoms with Crippen molar-refractivity contribution in [2.75, 3.05) is 13.2 Å². The molecule has 0 spiro atoms. The van der Waals surface area contributed by atoms with Crippen LogP contribution in [0, 0.1) is 17.6 Å². The van der Waals surface area contributed by atoms with E-state index < -0.39 is 23.6 Å². The lowest BCUT2D eigenvalue weighted by Crippen LogP contribution is -2.29. The molecule has 2 aromatic carbocycles. The van der Waals surface area contributed by atoms with Gasteiger partial charge in [0.1, 0.15) is 17.5 Å². The number of halogens is 2. The highest BCUT2D eigenvalue weighted by Crippen LogP contribution is 2.25. The van der Waals surface area contributed by atoms with Crippen LogP contribution in [0.1, 0.15) is 46.2 Å². The minimum Gasteiger partial charge on any atom is -0.381 e. The maximum Gasteiger partial charge on any atom is 0.252 e. The third-order valence-corrected chi connectivity index (χ3v) is 6.29. The number of hydrogen-bond donors (Lipinski definition) is 1. The van der Waals surface area contributed by atoms with Crippen LogP contribution in [-0.2, 0) is 18.2 Å². The van der Waals surface area contributed by atoms with Crippen LogP contribution < -0.4 is 5.32 Å². The van der Waals surface area contributed by atoms with E-state index in [9.17, 15) is 13.6 Å². The molecule has 3 heterocycles. The Balaban J connectivity index is 1.44. The second-order valence-electron chi connectivity index (χ2n) is 8.85. The van der Waals surface area contributed by atoms with E-state index in [1.165, 1.54) is 24.4 Å². The second kappa shape index (κ2) is 9.87. The van der Waals surface area contributed by atoms with E-state index in [2.05, 4.69) is 20.4 Å². The molecule has 4 aromatic rings. The zero-order valence-corrected chi connectivity index (χ0v) is 19.2. The highest BCUT2D eigenvalue weighted by atomic mass is 19.1. The molecule has 1 atom stereocenters.